The van der Waals surface area contributed by atoms with Crippen LogP contribution >= 0.6 is 11.6 Å². The van der Waals surface area contributed by atoms with Gasteiger partial charge in [0.2, 0.25) is 0 Å². The number of rotatable bonds is 6. The first-order valence-electron chi connectivity index (χ1n) is 9.61. The van der Waals surface area contributed by atoms with Crippen molar-refractivity contribution in [3.8, 4) is 0 Å². The Morgan fingerprint density at radius 3 is 2.52 bits per heavy atom. The number of esters is 1. The van der Waals surface area contributed by atoms with Gasteiger partial charge < -0.3 is 9.72 Å². The molecule has 1 atom stereocenters. The number of hydrogen-bond acceptors (Lipinski definition) is 3. The van der Waals surface area contributed by atoms with E-state index in [9.17, 15) is 9.59 Å². The number of fused-ring (bicyclic) bond motifs is 1. The molecule has 4 nitrogen and oxygen atoms in total. The number of H-pyrrole nitrogens is 1. The van der Waals surface area contributed by atoms with Gasteiger partial charge in [0.05, 0.1) is 6.61 Å². The minimum Gasteiger partial charge on any atom is -0.461 e. The highest BCUT2D eigenvalue weighted by Gasteiger charge is 2.32. The molecule has 0 saturated carbocycles. The first-order chi connectivity index (χ1) is 12.9. The summed E-state index contributed by atoms with van der Waals surface area (Å²) in [4.78, 5) is 28.5. The average Bonchev–Trinajstić information content (AvgIpc) is 3.00. The number of aromatic amines is 1. The van der Waals surface area contributed by atoms with Crippen molar-refractivity contribution in [2.45, 2.75) is 52.4 Å². The average molecular weight is 388 g/mol. The van der Waals surface area contributed by atoms with Gasteiger partial charge in [0.25, 0.3) is 0 Å². The largest absolute Gasteiger partial charge is 0.461 e. The van der Waals surface area contributed by atoms with E-state index in [1.807, 2.05) is 31.2 Å². The Hall–Kier alpha value is -2.07. The summed E-state index contributed by atoms with van der Waals surface area (Å²) in [5.41, 5.74) is 3.70. The lowest BCUT2D eigenvalue weighted by atomic mass is 9.81. The Morgan fingerprint density at radius 2 is 1.89 bits per heavy atom. The number of hydrogen-bond donors (Lipinski definition) is 1. The number of ketones is 1. The number of Topliss-reactive ketones (excluding diaryl/α,β-unsaturated/α-hetero) is 1. The molecule has 0 aliphatic heterocycles. The van der Waals surface area contributed by atoms with Crippen molar-refractivity contribution in [3.05, 3.63) is 57.4 Å². The maximum absolute atomic E-state index is 12.8. The molecule has 0 saturated heterocycles. The summed E-state index contributed by atoms with van der Waals surface area (Å²) in [7, 11) is 0. The zero-order chi connectivity index (χ0) is 19.6. The van der Waals surface area contributed by atoms with Crippen LogP contribution in [0.25, 0.3) is 0 Å². The number of carbonyl (C=O) groups is 2. The molecule has 0 bridgehead atoms. The monoisotopic (exact) mass is 387 g/mol. The summed E-state index contributed by atoms with van der Waals surface area (Å²) in [5, 5.41) is 0.680. The SMILES string of the molecule is CCC(CC)COC(=O)c1[nH]c2c(c1C)C(=O)C[C@@H](c1ccc(Cl)cc1)C2. The van der Waals surface area contributed by atoms with Crippen molar-refractivity contribution in [3.63, 3.8) is 0 Å². The van der Waals surface area contributed by atoms with Crippen molar-refractivity contribution in [2.24, 2.45) is 5.92 Å². The Labute approximate surface area is 165 Å². The van der Waals surface area contributed by atoms with Crippen LogP contribution in [-0.2, 0) is 11.2 Å². The molecule has 2 aromatic rings. The molecule has 0 fully saturated rings. The van der Waals surface area contributed by atoms with Crippen molar-refractivity contribution >= 4 is 23.4 Å². The fraction of sp³-hybridized carbons (Fsp3) is 0.455. The molecule has 1 aromatic heterocycles. The maximum Gasteiger partial charge on any atom is 0.355 e. The lowest BCUT2D eigenvalue weighted by Gasteiger charge is -2.22. The van der Waals surface area contributed by atoms with E-state index in [1.165, 1.54) is 0 Å². The maximum atomic E-state index is 12.8. The molecule has 144 valence electrons. The Balaban J connectivity index is 1.80. The minimum absolute atomic E-state index is 0.0731. The number of carbonyl (C=O) groups excluding carboxylic acids is 2. The van der Waals surface area contributed by atoms with Gasteiger partial charge in [-0.15, -0.1) is 0 Å². The summed E-state index contributed by atoms with van der Waals surface area (Å²) >= 11 is 5.97. The number of ether oxygens (including phenoxy) is 1. The second-order valence-corrected chi connectivity index (χ2v) is 7.78. The summed E-state index contributed by atoms with van der Waals surface area (Å²) in [6.07, 6.45) is 3.09. The highest BCUT2D eigenvalue weighted by molar-refractivity contribution is 6.30. The molecule has 27 heavy (non-hydrogen) atoms. The van der Waals surface area contributed by atoms with E-state index < -0.39 is 0 Å². The summed E-state index contributed by atoms with van der Waals surface area (Å²) in [6.45, 7) is 6.42. The van der Waals surface area contributed by atoms with Gasteiger partial charge in [-0.3, -0.25) is 4.79 Å². The van der Waals surface area contributed by atoms with Crippen LogP contribution < -0.4 is 0 Å². The van der Waals surface area contributed by atoms with E-state index in [2.05, 4.69) is 18.8 Å². The van der Waals surface area contributed by atoms with Crippen LogP contribution in [0.1, 0.15) is 76.7 Å². The van der Waals surface area contributed by atoms with Gasteiger partial charge in [0.15, 0.2) is 5.78 Å². The van der Waals surface area contributed by atoms with E-state index in [1.54, 1.807) is 0 Å². The van der Waals surface area contributed by atoms with E-state index in [0.29, 0.717) is 47.2 Å². The lowest BCUT2D eigenvalue weighted by Crippen LogP contribution is -2.18. The van der Waals surface area contributed by atoms with Gasteiger partial charge in [0, 0.05) is 22.7 Å². The van der Waals surface area contributed by atoms with Gasteiger partial charge in [-0.2, -0.15) is 0 Å². The molecule has 1 aromatic carbocycles. The quantitative estimate of drug-likeness (QED) is 0.667. The van der Waals surface area contributed by atoms with Gasteiger partial charge in [-0.1, -0.05) is 50.4 Å². The highest BCUT2D eigenvalue weighted by atomic mass is 35.5. The van der Waals surface area contributed by atoms with Crippen molar-refractivity contribution in [2.75, 3.05) is 6.61 Å². The van der Waals surface area contributed by atoms with E-state index in [4.69, 9.17) is 16.3 Å². The minimum atomic E-state index is -0.371. The first kappa shape index (κ1) is 19.7. The second kappa shape index (κ2) is 8.30. The molecule has 0 radical (unpaired) electrons. The number of benzene rings is 1. The van der Waals surface area contributed by atoms with Gasteiger partial charge >= 0.3 is 5.97 Å². The van der Waals surface area contributed by atoms with Gasteiger partial charge in [-0.25, -0.2) is 4.79 Å². The smallest absolute Gasteiger partial charge is 0.355 e. The molecule has 0 unspecified atom stereocenters. The van der Waals surface area contributed by atoms with E-state index in [-0.39, 0.29) is 17.7 Å². The van der Waals surface area contributed by atoms with Crippen molar-refractivity contribution < 1.29 is 14.3 Å². The third-order valence-electron chi connectivity index (χ3n) is 5.64. The van der Waals surface area contributed by atoms with Crippen LogP contribution in [0.15, 0.2) is 24.3 Å². The summed E-state index contributed by atoms with van der Waals surface area (Å²) in [6, 6.07) is 7.62. The first-order valence-corrected chi connectivity index (χ1v) is 9.99. The Kier molecular flexibility index (Phi) is 6.05. The predicted octanol–water partition coefficient (Wildman–Crippen LogP) is 5.48. The lowest BCUT2D eigenvalue weighted by molar-refractivity contribution is 0.0426. The van der Waals surface area contributed by atoms with Crippen LogP contribution in [0.3, 0.4) is 0 Å². The molecule has 1 aliphatic rings. The summed E-state index contributed by atoms with van der Waals surface area (Å²) in [5.74, 6) is 0.164. The third kappa shape index (κ3) is 4.11. The normalized spacial score (nSPS) is 16.5. The molecule has 1 heterocycles. The molecule has 0 spiro atoms. The molecule has 3 rings (SSSR count). The van der Waals surface area contributed by atoms with Gasteiger partial charge in [-0.05, 0) is 48.4 Å². The van der Waals surface area contributed by atoms with Crippen molar-refractivity contribution in [1.82, 2.24) is 4.98 Å². The fourth-order valence-electron chi connectivity index (χ4n) is 3.80. The number of aromatic nitrogens is 1. The molecular weight excluding hydrogens is 362 g/mol. The van der Waals surface area contributed by atoms with Crippen LogP contribution in [0.2, 0.25) is 5.02 Å². The predicted molar refractivity (Wildman–Crippen MR) is 107 cm³/mol. The van der Waals surface area contributed by atoms with Crippen LogP contribution in [0, 0.1) is 12.8 Å². The standard InChI is InChI=1S/C22H26ClNO3/c1-4-14(5-2)12-27-22(26)21-13(3)20-18(24-21)10-16(11-19(20)25)15-6-8-17(23)9-7-15/h6-9,14,16,24H,4-5,10-12H2,1-3H3/t16-/m0/s1. The molecule has 0 amide bonds. The highest BCUT2D eigenvalue weighted by Crippen LogP contribution is 2.35. The zero-order valence-corrected chi connectivity index (χ0v) is 16.9. The van der Waals surface area contributed by atoms with Crippen LogP contribution in [-0.4, -0.2) is 23.3 Å². The van der Waals surface area contributed by atoms with E-state index >= 15 is 0 Å². The van der Waals surface area contributed by atoms with Gasteiger partial charge in [0.1, 0.15) is 5.69 Å². The molecular formula is C22H26ClNO3. The second-order valence-electron chi connectivity index (χ2n) is 7.34. The van der Waals surface area contributed by atoms with E-state index in [0.717, 1.165) is 24.1 Å². The fourth-order valence-corrected chi connectivity index (χ4v) is 3.92. The molecule has 1 aliphatic carbocycles. The Bertz CT molecular complexity index is 834. The number of halogens is 1. The van der Waals surface area contributed by atoms with Crippen molar-refractivity contribution in [1.29, 1.82) is 0 Å². The number of nitrogens with one attached hydrogen (secondary N) is 1. The topological polar surface area (TPSA) is 59.2 Å². The van der Waals surface area contributed by atoms with Crippen LogP contribution in [0.4, 0.5) is 0 Å². The third-order valence-corrected chi connectivity index (χ3v) is 5.89. The molecule has 1 N–H and O–H groups in total. The van der Waals surface area contributed by atoms with Crippen LogP contribution in [0.5, 0.6) is 0 Å². The molecule has 5 heteroatoms. The zero-order valence-electron chi connectivity index (χ0n) is 16.1. The Morgan fingerprint density at radius 1 is 1.22 bits per heavy atom. The summed E-state index contributed by atoms with van der Waals surface area (Å²) < 4.78 is 5.49.